The standard InChI is InChI=1S/C14H22BrN3OS.HI/c1-14(7-3-9-20-14)10-18-13(16-2)17-8-6-11-4-5-12(15)19-11;/h4-5H,3,6-10H2,1-2H3,(H2,16,17,18);1H. The average Bonchev–Trinajstić information content (AvgIpc) is 3.03. The average molecular weight is 488 g/mol. The first kappa shape index (κ1) is 19.2. The van der Waals surface area contributed by atoms with E-state index in [4.69, 9.17) is 4.42 Å². The zero-order valence-electron chi connectivity index (χ0n) is 12.4. The van der Waals surface area contributed by atoms with E-state index < -0.39 is 0 Å². The summed E-state index contributed by atoms with van der Waals surface area (Å²) in [6.07, 6.45) is 3.45. The summed E-state index contributed by atoms with van der Waals surface area (Å²) in [5.41, 5.74) is 0. The molecule has 0 radical (unpaired) electrons. The van der Waals surface area contributed by atoms with Crippen molar-refractivity contribution in [3.8, 4) is 0 Å². The first-order valence-corrected chi connectivity index (χ1v) is 8.72. The van der Waals surface area contributed by atoms with E-state index in [0.29, 0.717) is 4.75 Å². The van der Waals surface area contributed by atoms with Crippen molar-refractivity contribution in [2.75, 3.05) is 25.9 Å². The number of nitrogens with zero attached hydrogens (tertiary/aromatic N) is 1. The third-order valence-electron chi connectivity index (χ3n) is 3.45. The minimum atomic E-state index is 0. The Morgan fingerprint density at radius 2 is 2.29 bits per heavy atom. The zero-order valence-corrected chi connectivity index (χ0v) is 17.2. The molecule has 1 unspecified atom stereocenters. The van der Waals surface area contributed by atoms with Crippen LogP contribution in [0.25, 0.3) is 0 Å². The highest BCUT2D eigenvalue weighted by atomic mass is 127. The molecule has 2 rings (SSSR count). The van der Waals surface area contributed by atoms with Crippen LogP contribution in [0.2, 0.25) is 0 Å². The van der Waals surface area contributed by atoms with Gasteiger partial charge in [-0.25, -0.2) is 0 Å². The van der Waals surface area contributed by atoms with Crippen molar-refractivity contribution in [3.63, 3.8) is 0 Å². The molecular weight excluding hydrogens is 465 g/mol. The van der Waals surface area contributed by atoms with Crippen molar-refractivity contribution < 1.29 is 4.42 Å². The van der Waals surface area contributed by atoms with Gasteiger partial charge in [-0.05, 0) is 53.6 Å². The molecule has 0 aliphatic carbocycles. The van der Waals surface area contributed by atoms with Crippen LogP contribution in [-0.2, 0) is 6.42 Å². The molecule has 4 nitrogen and oxygen atoms in total. The molecule has 1 aliphatic rings. The molecule has 1 aliphatic heterocycles. The number of furan rings is 1. The molecule has 0 spiro atoms. The number of hydrogen-bond donors (Lipinski definition) is 2. The van der Waals surface area contributed by atoms with Crippen LogP contribution in [0.5, 0.6) is 0 Å². The lowest BCUT2D eigenvalue weighted by Crippen LogP contribution is -2.44. The molecule has 2 N–H and O–H groups in total. The molecule has 1 atom stereocenters. The van der Waals surface area contributed by atoms with Gasteiger partial charge in [0.1, 0.15) is 5.76 Å². The maximum absolute atomic E-state index is 5.47. The van der Waals surface area contributed by atoms with Crippen molar-refractivity contribution in [2.24, 2.45) is 4.99 Å². The van der Waals surface area contributed by atoms with Gasteiger partial charge in [0.15, 0.2) is 10.6 Å². The monoisotopic (exact) mass is 487 g/mol. The summed E-state index contributed by atoms with van der Waals surface area (Å²) in [7, 11) is 1.81. The van der Waals surface area contributed by atoms with Crippen LogP contribution in [0.3, 0.4) is 0 Å². The highest BCUT2D eigenvalue weighted by molar-refractivity contribution is 14.0. The summed E-state index contributed by atoms with van der Waals surface area (Å²) in [4.78, 5) is 4.26. The summed E-state index contributed by atoms with van der Waals surface area (Å²) in [6.45, 7) is 4.10. The fraction of sp³-hybridized carbons (Fsp3) is 0.643. The minimum absolute atomic E-state index is 0. The number of aliphatic imine (C=N–C) groups is 1. The number of guanidine groups is 1. The van der Waals surface area contributed by atoms with Crippen molar-refractivity contribution in [1.29, 1.82) is 0 Å². The lowest BCUT2D eigenvalue weighted by Gasteiger charge is -2.24. The van der Waals surface area contributed by atoms with Gasteiger partial charge >= 0.3 is 0 Å². The van der Waals surface area contributed by atoms with Crippen molar-refractivity contribution in [2.45, 2.75) is 30.9 Å². The van der Waals surface area contributed by atoms with E-state index >= 15 is 0 Å². The molecule has 1 aromatic rings. The molecule has 1 fully saturated rings. The number of nitrogens with one attached hydrogen (secondary N) is 2. The second-order valence-corrected chi connectivity index (χ2v) is 7.67. The first-order chi connectivity index (χ1) is 9.61. The van der Waals surface area contributed by atoms with Crippen LogP contribution in [0.1, 0.15) is 25.5 Å². The largest absolute Gasteiger partial charge is 0.454 e. The van der Waals surface area contributed by atoms with Crippen LogP contribution in [-0.4, -0.2) is 36.6 Å². The molecule has 120 valence electrons. The first-order valence-electron chi connectivity index (χ1n) is 6.94. The number of hydrogen-bond acceptors (Lipinski definition) is 3. The van der Waals surface area contributed by atoms with E-state index in [1.807, 2.05) is 19.2 Å². The SMILES string of the molecule is CN=C(NCCc1ccc(Br)o1)NCC1(C)CCCS1.I. The maximum Gasteiger partial charge on any atom is 0.191 e. The summed E-state index contributed by atoms with van der Waals surface area (Å²) >= 11 is 5.36. The minimum Gasteiger partial charge on any atom is -0.454 e. The van der Waals surface area contributed by atoms with Gasteiger partial charge in [0, 0.05) is 31.3 Å². The Labute approximate surface area is 156 Å². The van der Waals surface area contributed by atoms with E-state index in [1.165, 1.54) is 18.6 Å². The fourth-order valence-corrected chi connectivity index (χ4v) is 3.84. The second kappa shape index (κ2) is 9.29. The molecule has 0 bridgehead atoms. The van der Waals surface area contributed by atoms with Gasteiger partial charge in [-0.3, -0.25) is 4.99 Å². The summed E-state index contributed by atoms with van der Waals surface area (Å²) < 4.78 is 6.60. The fourth-order valence-electron chi connectivity index (χ4n) is 2.26. The zero-order chi connectivity index (χ0) is 14.4. The van der Waals surface area contributed by atoms with Gasteiger partial charge in [0.25, 0.3) is 0 Å². The molecule has 0 amide bonds. The third kappa shape index (κ3) is 6.40. The second-order valence-electron chi connectivity index (χ2n) is 5.21. The Morgan fingerprint density at radius 3 is 2.86 bits per heavy atom. The molecule has 2 heterocycles. The normalized spacial score (nSPS) is 22.0. The topological polar surface area (TPSA) is 49.6 Å². The number of halogens is 2. The smallest absolute Gasteiger partial charge is 0.191 e. The predicted molar refractivity (Wildman–Crippen MR) is 105 cm³/mol. The Morgan fingerprint density at radius 1 is 1.48 bits per heavy atom. The van der Waals surface area contributed by atoms with E-state index in [1.54, 1.807) is 0 Å². The summed E-state index contributed by atoms with van der Waals surface area (Å²) in [5.74, 6) is 3.11. The Hall–Kier alpha value is 0.110. The van der Waals surface area contributed by atoms with Crippen LogP contribution < -0.4 is 10.6 Å². The number of thioether (sulfide) groups is 1. The molecule has 1 aromatic heterocycles. The highest BCUT2D eigenvalue weighted by Crippen LogP contribution is 2.36. The predicted octanol–water partition coefficient (Wildman–Crippen LogP) is 3.65. The van der Waals surface area contributed by atoms with Crippen LogP contribution in [0, 0.1) is 0 Å². The summed E-state index contributed by atoms with van der Waals surface area (Å²) in [5, 5.41) is 6.74. The van der Waals surface area contributed by atoms with Crippen molar-refractivity contribution >= 4 is 57.6 Å². The molecular formula is C14H23BrIN3OS. The van der Waals surface area contributed by atoms with Gasteiger partial charge in [-0.15, -0.1) is 24.0 Å². The number of rotatable bonds is 5. The van der Waals surface area contributed by atoms with E-state index in [-0.39, 0.29) is 24.0 Å². The Balaban J connectivity index is 0.00000220. The van der Waals surface area contributed by atoms with E-state index in [2.05, 4.69) is 50.2 Å². The molecule has 0 saturated carbocycles. The molecule has 21 heavy (non-hydrogen) atoms. The Kier molecular flexibility index (Phi) is 8.48. The van der Waals surface area contributed by atoms with E-state index in [0.717, 1.165) is 35.9 Å². The van der Waals surface area contributed by atoms with Crippen molar-refractivity contribution in [1.82, 2.24) is 10.6 Å². The van der Waals surface area contributed by atoms with E-state index in [9.17, 15) is 0 Å². The molecule has 7 heteroatoms. The lowest BCUT2D eigenvalue weighted by molar-refractivity contribution is 0.485. The lowest BCUT2D eigenvalue weighted by atomic mass is 10.1. The highest BCUT2D eigenvalue weighted by Gasteiger charge is 2.29. The van der Waals surface area contributed by atoms with Gasteiger partial charge < -0.3 is 15.1 Å². The molecule has 1 saturated heterocycles. The van der Waals surface area contributed by atoms with Crippen LogP contribution in [0.4, 0.5) is 0 Å². The maximum atomic E-state index is 5.47. The molecule has 0 aromatic carbocycles. The van der Waals surface area contributed by atoms with Crippen LogP contribution in [0.15, 0.2) is 26.2 Å². The Bertz CT molecular complexity index is 461. The van der Waals surface area contributed by atoms with Gasteiger partial charge in [0.05, 0.1) is 0 Å². The summed E-state index contributed by atoms with van der Waals surface area (Å²) in [6, 6.07) is 3.90. The van der Waals surface area contributed by atoms with Gasteiger partial charge in [-0.2, -0.15) is 11.8 Å². The quantitative estimate of drug-likeness (QED) is 0.378. The van der Waals surface area contributed by atoms with Gasteiger partial charge in [0.2, 0.25) is 0 Å². The van der Waals surface area contributed by atoms with Gasteiger partial charge in [-0.1, -0.05) is 0 Å². The van der Waals surface area contributed by atoms with Crippen LogP contribution >= 0.6 is 51.7 Å². The van der Waals surface area contributed by atoms with Crippen molar-refractivity contribution in [3.05, 3.63) is 22.6 Å². The third-order valence-corrected chi connectivity index (χ3v) is 5.41.